The second-order valence-corrected chi connectivity index (χ2v) is 4.84. The van der Waals surface area contributed by atoms with Gasteiger partial charge in [0.15, 0.2) is 6.04 Å². The quantitative estimate of drug-likeness (QED) is 0.890. The van der Waals surface area contributed by atoms with Crippen molar-refractivity contribution in [3.8, 4) is 0 Å². The van der Waals surface area contributed by atoms with Gasteiger partial charge < -0.3 is 10.4 Å². The Morgan fingerprint density at radius 1 is 1.44 bits per heavy atom. The highest BCUT2D eigenvalue weighted by molar-refractivity contribution is 7.10. The lowest BCUT2D eigenvalue weighted by molar-refractivity contribution is -0.138. The number of hydrogen-bond donors (Lipinski definition) is 2. The summed E-state index contributed by atoms with van der Waals surface area (Å²) in [6.45, 7) is 1.86. The van der Waals surface area contributed by atoms with Crippen molar-refractivity contribution in [3.63, 3.8) is 0 Å². The van der Waals surface area contributed by atoms with Crippen molar-refractivity contribution in [2.45, 2.75) is 13.0 Å². The Bertz CT molecular complexity index is 568. The molecule has 0 bridgehead atoms. The van der Waals surface area contributed by atoms with Gasteiger partial charge in [-0.3, -0.25) is 0 Å². The van der Waals surface area contributed by atoms with Crippen LogP contribution in [0.3, 0.4) is 0 Å². The first kappa shape index (κ1) is 12.6. The van der Waals surface area contributed by atoms with Gasteiger partial charge in [-0.15, -0.1) is 11.3 Å². The smallest absolute Gasteiger partial charge is 0.331 e. The van der Waals surface area contributed by atoms with E-state index in [0.29, 0.717) is 5.69 Å². The van der Waals surface area contributed by atoms with E-state index in [4.69, 9.17) is 0 Å². The SMILES string of the molecule is Cc1ccsc1C(Nc1cccc(F)c1)C(=O)O. The van der Waals surface area contributed by atoms with E-state index >= 15 is 0 Å². The molecular weight excluding hydrogens is 253 g/mol. The molecule has 0 spiro atoms. The number of carbonyl (C=O) groups is 1. The average molecular weight is 265 g/mol. The first-order chi connectivity index (χ1) is 8.58. The lowest BCUT2D eigenvalue weighted by atomic mass is 10.1. The van der Waals surface area contributed by atoms with Crippen molar-refractivity contribution in [1.29, 1.82) is 0 Å². The maximum Gasteiger partial charge on any atom is 0.331 e. The number of anilines is 1. The molecule has 18 heavy (non-hydrogen) atoms. The predicted molar refractivity (Wildman–Crippen MR) is 69.5 cm³/mol. The van der Waals surface area contributed by atoms with Gasteiger partial charge in [0.2, 0.25) is 0 Å². The van der Waals surface area contributed by atoms with Crippen molar-refractivity contribution in [2.24, 2.45) is 0 Å². The minimum Gasteiger partial charge on any atom is -0.479 e. The summed E-state index contributed by atoms with van der Waals surface area (Å²) in [4.78, 5) is 12.0. The fourth-order valence-electron chi connectivity index (χ4n) is 1.66. The number of nitrogens with one attached hydrogen (secondary N) is 1. The molecule has 1 atom stereocenters. The van der Waals surface area contributed by atoms with Gasteiger partial charge in [0.25, 0.3) is 0 Å². The van der Waals surface area contributed by atoms with Gasteiger partial charge in [-0.1, -0.05) is 6.07 Å². The Morgan fingerprint density at radius 3 is 2.78 bits per heavy atom. The molecule has 0 aliphatic carbocycles. The lowest BCUT2D eigenvalue weighted by Crippen LogP contribution is -2.20. The van der Waals surface area contributed by atoms with Gasteiger partial charge in [0.05, 0.1) is 0 Å². The molecule has 0 saturated heterocycles. The summed E-state index contributed by atoms with van der Waals surface area (Å²) in [5.74, 6) is -1.38. The molecule has 0 radical (unpaired) electrons. The predicted octanol–water partition coefficient (Wildman–Crippen LogP) is 3.43. The number of carboxylic acids is 1. The van der Waals surface area contributed by atoms with Crippen LogP contribution in [-0.2, 0) is 4.79 Å². The zero-order chi connectivity index (χ0) is 13.1. The van der Waals surface area contributed by atoms with Crippen molar-refractivity contribution < 1.29 is 14.3 Å². The molecule has 0 saturated carbocycles. The van der Waals surface area contributed by atoms with E-state index in [0.717, 1.165) is 10.4 Å². The monoisotopic (exact) mass is 265 g/mol. The van der Waals surface area contributed by atoms with E-state index in [1.54, 1.807) is 6.07 Å². The van der Waals surface area contributed by atoms with Gasteiger partial charge >= 0.3 is 5.97 Å². The zero-order valence-electron chi connectivity index (χ0n) is 9.68. The molecule has 2 rings (SSSR count). The third-order valence-electron chi connectivity index (χ3n) is 2.55. The third kappa shape index (κ3) is 2.68. The first-order valence-electron chi connectivity index (χ1n) is 5.37. The summed E-state index contributed by atoms with van der Waals surface area (Å²) in [6.07, 6.45) is 0. The number of thiophene rings is 1. The summed E-state index contributed by atoms with van der Waals surface area (Å²) < 4.78 is 13.1. The number of benzene rings is 1. The molecule has 2 N–H and O–H groups in total. The number of aliphatic carboxylic acids is 1. The maximum atomic E-state index is 13.1. The Kier molecular flexibility index (Phi) is 3.62. The van der Waals surface area contributed by atoms with Crippen molar-refractivity contribution in [1.82, 2.24) is 0 Å². The zero-order valence-corrected chi connectivity index (χ0v) is 10.5. The Hall–Kier alpha value is -1.88. The van der Waals surface area contributed by atoms with Crippen molar-refractivity contribution in [2.75, 3.05) is 5.32 Å². The molecule has 5 heteroatoms. The van der Waals surface area contributed by atoms with Gasteiger partial charge in [0.1, 0.15) is 5.82 Å². The molecule has 0 amide bonds. The molecule has 1 aromatic carbocycles. The molecule has 1 unspecified atom stereocenters. The molecular formula is C13H12FNO2S. The summed E-state index contributed by atoms with van der Waals surface area (Å²) in [5.41, 5.74) is 1.37. The minimum absolute atomic E-state index is 0.396. The van der Waals surface area contributed by atoms with E-state index in [-0.39, 0.29) is 0 Å². The van der Waals surface area contributed by atoms with Gasteiger partial charge in [-0.25, -0.2) is 9.18 Å². The fourth-order valence-corrected chi connectivity index (χ4v) is 2.63. The molecule has 1 heterocycles. The van der Waals surface area contributed by atoms with Crippen LogP contribution in [0.5, 0.6) is 0 Å². The number of halogens is 1. The van der Waals surface area contributed by atoms with Crippen molar-refractivity contribution in [3.05, 3.63) is 52.0 Å². The number of aryl methyl sites for hydroxylation is 1. The highest BCUT2D eigenvalue weighted by Crippen LogP contribution is 2.27. The Morgan fingerprint density at radius 2 is 2.22 bits per heavy atom. The molecule has 94 valence electrons. The second-order valence-electron chi connectivity index (χ2n) is 3.89. The summed E-state index contributed by atoms with van der Waals surface area (Å²) in [7, 11) is 0. The number of carboxylic acid groups (broad SMARTS) is 1. The van der Waals surface area contributed by atoms with E-state index in [1.165, 1.54) is 29.5 Å². The van der Waals surface area contributed by atoms with Crippen LogP contribution < -0.4 is 5.32 Å². The highest BCUT2D eigenvalue weighted by atomic mass is 32.1. The second kappa shape index (κ2) is 5.18. The van der Waals surface area contributed by atoms with E-state index in [2.05, 4.69) is 5.32 Å². The largest absolute Gasteiger partial charge is 0.479 e. The van der Waals surface area contributed by atoms with E-state index in [9.17, 15) is 14.3 Å². The van der Waals surface area contributed by atoms with Crippen LogP contribution in [0.1, 0.15) is 16.5 Å². The molecule has 1 aromatic heterocycles. The third-order valence-corrected chi connectivity index (χ3v) is 3.63. The first-order valence-corrected chi connectivity index (χ1v) is 6.25. The van der Waals surface area contributed by atoms with Gasteiger partial charge in [-0.05, 0) is 42.1 Å². The highest BCUT2D eigenvalue weighted by Gasteiger charge is 2.22. The Balaban J connectivity index is 2.28. The van der Waals surface area contributed by atoms with Crippen LogP contribution in [0, 0.1) is 12.7 Å². The molecule has 3 nitrogen and oxygen atoms in total. The average Bonchev–Trinajstić information content (AvgIpc) is 2.72. The number of hydrogen-bond acceptors (Lipinski definition) is 3. The van der Waals surface area contributed by atoms with Crippen LogP contribution in [0.4, 0.5) is 10.1 Å². The molecule has 2 aromatic rings. The summed E-state index contributed by atoms with van der Waals surface area (Å²) in [6, 6.07) is 6.78. The standard InChI is InChI=1S/C13H12FNO2S/c1-8-5-6-18-12(8)11(13(16)17)15-10-4-2-3-9(14)7-10/h2-7,11,15H,1H3,(H,16,17). The van der Waals surface area contributed by atoms with Gasteiger partial charge in [0, 0.05) is 10.6 Å². The van der Waals surface area contributed by atoms with Crippen LogP contribution in [-0.4, -0.2) is 11.1 Å². The maximum absolute atomic E-state index is 13.1. The molecule has 0 aliphatic rings. The normalized spacial score (nSPS) is 12.1. The fraction of sp³-hybridized carbons (Fsp3) is 0.154. The van der Waals surface area contributed by atoms with Crippen LogP contribution in [0.25, 0.3) is 0 Å². The summed E-state index contributed by atoms with van der Waals surface area (Å²) in [5, 5.41) is 13.9. The number of rotatable bonds is 4. The lowest BCUT2D eigenvalue weighted by Gasteiger charge is -2.15. The van der Waals surface area contributed by atoms with Crippen LogP contribution in [0.15, 0.2) is 35.7 Å². The minimum atomic E-state index is -0.982. The van der Waals surface area contributed by atoms with Crippen LogP contribution >= 0.6 is 11.3 Å². The summed E-state index contributed by atoms with van der Waals surface area (Å²) >= 11 is 1.37. The van der Waals surface area contributed by atoms with E-state index in [1.807, 2.05) is 18.4 Å². The molecule has 0 aliphatic heterocycles. The molecule has 0 fully saturated rings. The van der Waals surface area contributed by atoms with E-state index < -0.39 is 17.8 Å². The van der Waals surface area contributed by atoms with Crippen molar-refractivity contribution >= 4 is 23.0 Å². The topological polar surface area (TPSA) is 49.3 Å². The van der Waals surface area contributed by atoms with Gasteiger partial charge in [-0.2, -0.15) is 0 Å². The van der Waals surface area contributed by atoms with Crippen LogP contribution in [0.2, 0.25) is 0 Å². The Labute approximate surface area is 108 Å².